The normalized spacial score (nSPS) is 15.4. The molecule has 6 rings (SSSR count). The van der Waals surface area contributed by atoms with Gasteiger partial charge in [-0.1, -0.05) is 30.3 Å². The maximum absolute atomic E-state index is 12.5. The molecule has 0 unspecified atom stereocenters. The first-order valence-corrected chi connectivity index (χ1v) is 17.3. The zero-order valence-corrected chi connectivity index (χ0v) is 26.8. The Morgan fingerprint density at radius 3 is 1.53 bits per heavy atom. The van der Waals surface area contributed by atoms with Gasteiger partial charge >= 0.3 is 0 Å². The van der Waals surface area contributed by atoms with E-state index in [4.69, 9.17) is 4.98 Å². The van der Waals surface area contributed by atoms with Crippen LogP contribution >= 0.6 is 11.3 Å². The highest BCUT2D eigenvalue weighted by atomic mass is 32.1. The molecule has 4 heterocycles. The molecule has 2 fully saturated rings. The molecule has 2 aromatic heterocycles. The van der Waals surface area contributed by atoms with Gasteiger partial charge in [-0.15, -0.1) is 11.3 Å². The molecule has 234 valence electrons. The second-order valence-electron chi connectivity index (χ2n) is 12.2. The Balaban J connectivity index is 1.10. The molecule has 4 aromatic rings. The zero-order chi connectivity index (χ0) is 30.8. The number of nitrogens with one attached hydrogen (secondary N) is 2. The molecular weight excluding hydrogens is 579 g/mol. The molecular formula is C37H43N5O2S. The number of thiophene rings is 1. The second-order valence-corrected chi connectivity index (χ2v) is 13.1. The number of carbonyl (C=O) groups excluding carboxylic acids is 2. The Morgan fingerprint density at radius 2 is 1.11 bits per heavy atom. The summed E-state index contributed by atoms with van der Waals surface area (Å²) in [6, 6.07) is 24.3. The van der Waals surface area contributed by atoms with Crippen molar-refractivity contribution in [2.45, 2.75) is 51.4 Å². The third kappa shape index (κ3) is 8.87. The molecule has 2 aromatic carbocycles. The number of carbonyl (C=O) groups is 2. The van der Waals surface area contributed by atoms with E-state index in [0.717, 1.165) is 91.6 Å². The van der Waals surface area contributed by atoms with Crippen molar-refractivity contribution in [1.29, 1.82) is 0 Å². The van der Waals surface area contributed by atoms with E-state index in [2.05, 4.69) is 50.1 Å². The smallest absolute Gasteiger partial charge is 0.224 e. The molecule has 8 heteroatoms. The van der Waals surface area contributed by atoms with Crippen LogP contribution in [-0.2, 0) is 9.59 Å². The van der Waals surface area contributed by atoms with Gasteiger partial charge in [-0.05, 0) is 131 Å². The number of benzene rings is 2. The molecule has 2 amide bonds. The van der Waals surface area contributed by atoms with Crippen LogP contribution in [0.25, 0.3) is 33.0 Å². The van der Waals surface area contributed by atoms with E-state index in [9.17, 15) is 9.59 Å². The lowest BCUT2D eigenvalue weighted by atomic mass is 10.0. The minimum atomic E-state index is 0.0590. The van der Waals surface area contributed by atoms with Crippen LogP contribution in [0.5, 0.6) is 0 Å². The van der Waals surface area contributed by atoms with Gasteiger partial charge < -0.3 is 20.4 Å². The zero-order valence-electron chi connectivity index (χ0n) is 26.0. The van der Waals surface area contributed by atoms with Crippen LogP contribution in [0.1, 0.15) is 51.4 Å². The van der Waals surface area contributed by atoms with Crippen molar-refractivity contribution in [3.8, 4) is 33.0 Å². The Morgan fingerprint density at radius 1 is 0.644 bits per heavy atom. The number of nitrogens with zero attached hydrogens (tertiary/aromatic N) is 3. The number of rotatable bonds is 13. The molecule has 0 radical (unpaired) electrons. The van der Waals surface area contributed by atoms with Crippen LogP contribution in [0, 0.1) is 0 Å². The molecule has 45 heavy (non-hydrogen) atoms. The first-order chi connectivity index (χ1) is 22.1. The van der Waals surface area contributed by atoms with Crippen molar-refractivity contribution in [3.63, 3.8) is 0 Å². The predicted molar refractivity (Wildman–Crippen MR) is 185 cm³/mol. The fraction of sp³-hybridized carbons (Fsp3) is 0.378. The topological polar surface area (TPSA) is 77.6 Å². The monoisotopic (exact) mass is 621 g/mol. The van der Waals surface area contributed by atoms with E-state index in [-0.39, 0.29) is 11.8 Å². The quantitative estimate of drug-likeness (QED) is 0.160. The largest absolute Gasteiger partial charge is 0.326 e. The fourth-order valence-electron chi connectivity index (χ4n) is 6.25. The third-order valence-electron chi connectivity index (χ3n) is 8.71. The minimum absolute atomic E-state index is 0.0590. The molecule has 0 bridgehead atoms. The lowest BCUT2D eigenvalue weighted by Gasteiger charge is -2.14. The standard InChI is InChI=1S/C37H43N5O2S/c43-36(9-5-23-41-19-1-2-20-41)38-31-15-11-28(12-16-31)33-26-30(35-8-7-25-45-35)27-34(40-33)29-13-17-32(18-14-29)39-37(44)10-6-24-42-21-3-4-22-42/h7-8,11-18,25-27H,1-6,9-10,19-24H2,(H,38,43)(H,39,44). The van der Waals surface area contributed by atoms with Crippen molar-refractivity contribution in [1.82, 2.24) is 14.8 Å². The van der Waals surface area contributed by atoms with Crippen LogP contribution < -0.4 is 10.6 Å². The Kier molecular flexibility index (Phi) is 10.7. The maximum atomic E-state index is 12.5. The summed E-state index contributed by atoms with van der Waals surface area (Å²) >= 11 is 1.70. The lowest BCUT2D eigenvalue weighted by molar-refractivity contribution is -0.117. The number of likely N-dealkylation sites (tertiary alicyclic amines) is 2. The van der Waals surface area contributed by atoms with Crippen molar-refractivity contribution >= 4 is 34.5 Å². The summed E-state index contributed by atoms with van der Waals surface area (Å²) in [5.41, 5.74) is 6.42. The van der Waals surface area contributed by atoms with E-state index in [0.29, 0.717) is 12.8 Å². The van der Waals surface area contributed by atoms with E-state index < -0.39 is 0 Å². The lowest BCUT2D eigenvalue weighted by Crippen LogP contribution is -2.22. The SMILES string of the molecule is O=C(CCCN1CCCC1)Nc1ccc(-c2cc(-c3cccs3)cc(-c3ccc(NC(=O)CCCN4CCCC4)cc3)n2)cc1. The van der Waals surface area contributed by atoms with Crippen molar-refractivity contribution < 1.29 is 9.59 Å². The molecule has 2 aliphatic heterocycles. The summed E-state index contributed by atoms with van der Waals surface area (Å²) < 4.78 is 0. The highest BCUT2D eigenvalue weighted by Gasteiger charge is 2.14. The average molecular weight is 622 g/mol. The fourth-order valence-corrected chi connectivity index (χ4v) is 6.96. The van der Waals surface area contributed by atoms with Gasteiger partial charge in [0.15, 0.2) is 0 Å². The van der Waals surface area contributed by atoms with Crippen molar-refractivity contribution in [3.05, 3.63) is 78.2 Å². The van der Waals surface area contributed by atoms with Crippen LogP contribution in [0.2, 0.25) is 0 Å². The molecule has 2 N–H and O–H groups in total. The summed E-state index contributed by atoms with van der Waals surface area (Å²) in [6.45, 7) is 6.64. The predicted octanol–water partition coefficient (Wildman–Crippen LogP) is 7.77. The Hall–Kier alpha value is -3.85. The summed E-state index contributed by atoms with van der Waals surface area (Å²) in [7, 11) is 0. The number of pyridine rings is 1. The van der Waals surface area contributed by atoms with Gasteiger partial charge in [-0.2, -0.15) is 0 Å². The number of aromatic nitrogens is 1. The summed E-state index contributed by atoms with van der Waals surface area (Å²) in [5, 5.41) is 8.19. The van der Waals surface area contributed by atoms with Crippen LogP contribution in [0.15, 0.2) is 78.2 Å². The summed E-state index contributed by atoms with van der Waals surface area (Å²) in [5.74, 6) is 0.118. The number of hydrogen-bond acceptors (Lipinski definition) is 6. The van der Waals surface area contributed by atoms with Crippen molar-refractivity contribution in [2.24, 2.45) is 0 Å². The van der Waals surface area contributed by atoms with Gasteiger partial charge in [0.1, 0.15) is 0 Å². The van der Waals surface area contributed by atoms with E-state index in [1.54, 1.807) is 11.3 Å². The highest BCUT2D eigenvalue weighted by molar-refractivity contribution is 7.13. The van der Waals surface area contributed by atoms with Gasteiger partial charge in [-0.3, -0.25) is 9.59 Å². The highest BCUT2D eigenvalue weighted by Crippen LogP contribution is 2.33. The third-order valence-corrected chi connectivity index (χ3v) is 9.63. The van der Waals surface area contributed by atoms with E-state index in [1.807, 2.05) is 48.5 Å². The van der Waals surface area contributed by atoms with Gasteiger partial charge in [0, 0.05) is 40.2 Å². The molecule has 2 aliphatic rings. The van der Waals surface area contributed by atoms with Crippen LogP contribution in [0.3, 0.4) is 0 Å². The molecule has 7 nitrogen and oxygen atoms in total. The molecule has 2 saturated heterocycles. The summed E-state index contributed by atoms with van der Waals surface area (Å²) in [6.07, 6.45) is 7.94. The molecule has 0 aliphatic carbocycles. The van der Waals surface area contributed by atoms with Gasteiger partial charge in [0.05, 0.1) is 11.4 Å². The van der Waals surface area contributed by atoms with Gasteiger partial charge in [0.2, 0.25) is 11.8 Å². The second kappa shape index (κ2) is 15.4. The minimum Gasteiger partial charge on any atom is -0.326 e. The maximum Gasteiger partial charge on any atom is 0.224 e. The number of anilines is 2. The van der Waals surface area contributed by atoms with Crippen LogP contribution in [0.4, 0.5) is 11.4 Å². The Labute approximate surface area is 270 Å². The summed E-state index contributed by atoms with van der Waals surface area (Å²) in [4.78, 5) is 36.2. The first kappa shape index (κ1) is 31.1. The Bertz CT molecular complexity index is 1440. The van der Waals surface area contributed by atoms with Crippen molar-refractivity contribution in [2.75, 3.05) is 49.9 Å². The molecule has 0 saturated carbocycles. The van der Waals surface area contributed by atoms with E-state index >= 15 is 0 Å². The van der Waals surface area contributed by atoms with Gasteiger partial charge in [0.25, 0.3) is 0 Å². The number of amides is 2. The number of hydrogen-bond donors (Lipinski definition) is 2. The first-order valence-electron chi connectivity index (χ1n) is 16.4. The molecule has 0 atom stereocenters. The average Bonchev–Trinajstić information content (AvgIpc) is 3.87. The van der Waals surface area contributed by atoms with Gasteiger partial charge in [-0.25, -0.2) is 4.98 Å². The van der Waals surface area contributed by atoms with Crippen LogP contribution in [-0.4, -0.2) is 65.9 Å². The van der Waals surface area contributed by atoms with E-state index in [1.165, 1.54) is 30.6 Å². The molecule has 0 spiro atoms.